The predicted octanol–water partition coefficient (Wildman–Crippen LogP) is 6.09. The van der Waals surface area contributed by atoms with Gasteiger partial charge in [0, 0.05) is 5.56 Å². The van der Waals surface area contributed by atoms with Gasteiger partial charge in [-0.2, -0.15) is 0 Å². The number of amidine groups is 1. The zero-order valence-electron chi connectivity index (χ0n) is 15.8. The zero-order chi connectivity index (χ0) is 20.0. The molecule has 0 heterocycles. The van der Waals surface area contributed by atoms with Crippen LogP contribution in [0.3, 0.4) is 0 Å². The number of allylic oxidation sites excluding steroid dienone is 1. The summed E-state index contributed by atoms with van der Waals surface area (Å²) in [5.41, 5.74) is 3.65. The largest absolute Gasteiger partial charge is 0.511 e. The first kappa shape index (κ1) is 20.7. The average Bonchev–Trinajstić information content (AvgIpc) is 2.62. The molecule has 0 spiro atoms. The van der Waals surface area contributed by atoms with Crippen LogP contribution in [0.5, 0.6) is 0 Å². The molecule has 1 atom stereocenters. The van der Waals surface area contributed by atoms with E-state index in [2.05, 4.69) is 16.9 Å². The molecule has 0 aromatic heterocycles. The molecule has 2 N–H and O–H groups in total. The fraction of sp³-hybridized carbons (Fsp3) is 0.227. The Kier molecular flexibility index (Phi) is 7.19. The lowest BCUT2D eigenvalue weighted by molar-refractivity contribution is 0.378. The van der Waals surface area contributed by atoms with E-state index in [0.29, 0.717) is 11.0 Å². The normalized spacial score (nSPS) is 13.4. The summed E-state index contributed by atoms with van der Waals surface area (Å²) in [7, 11) is 0. The molecule has 0 radical (unpaired) electrons. The first-order chi connectivity index (χ1) is 12.8. The quantitative estimate of drug-likeness (QED) is 0.273. The molecular weight excluding hydrogens is 363 g/mol. The van der Waals surface area contributed by atoms with Gasteiger partial charge in [0.2, 0.25) is 0 Å². The Hall–Kier alpha value is -2.59. The molecule has 0 amide bonds. The van der Waals surface area contributed by atoms with Crippen LogP contribution in [-0.4, -0.2) is 17.0 Å². The maximum Gasteiger partial charge on any atom is 0.134 e. The van der Waals surface area contributed by atoms with Gasteiger partial charge in [-0.1, -0.05) is 49.4 Å². The van der Waals surface area contributed by atoms with Gasteiger partial charge in [0.15, 0.2) is 0 Å². The van der Waals surface area contributed by atoms with Crippen molar-refractivity contribution >= 4 is 17.4 Å². The third-order valence-corrected chi connectivity index (χ3v) is 4.35. The molecule has 0 bridgehead atoms. The van der Waals surface area contributed by atoms with Crippen molar-refractivity contribution in [3.63, 3.8) is 0 Å². The van der Waals surface area contributed by atoms with Crippen molar-refractivity contribution in [2.75, 3.05) is 0 Å². The minimum Gasteiger partial charge on any atom is -0.511 e. The molecule has 0 aliphatic carbocycles. The van der Waals surface area contributed by atoms with Crippen LogP contribution in [0, 0.1) is 12.7 Å². The van der Waals surface area contributed by atoms with Crippen LogP contribution in [-0.2, 0) is 0 Å². The second kappa shape index (κ2) is 9.38. The lowest BCUT2D eigenvalue weighted by Gasteiger charge is -2.16. The van der Waals surface area contributed by atoms with Gasteiger partial charge in [0.25, 0.3) is 0 Å². The number of hydrogen-bond donors (Lipinski definition) is 2. The molecule has 27 heavy (non-hydrogen) atoms. The molecule has 142 valence electrons. The minimum absolute atomic E-state index is 0.0303. The minimum atomic E-state index is -0.493. The summed E-state index contributed by atoms with van der Waals surface area (Å²) >= 11 is 6.26. The lowest BCUT2D eigenvalue weighted by atomic mass is 9.99. The van der Waals surface area contributed by atoms with Crippen molar-refractivity contribution in [1.29, 1.82) is 0 Å². The third kappa shape index (κ3) is 5.69. The number of aliphatic hydroxyl groups excluding tert-OH is 1. The van der Waals surface area contributed by atoms with E-state index in [-0.39, 0.29) is 11.6 Å². The number of aliphatic imine (C=N–C) groups is 1. The highest BCUT2D eigenvalue weighted by Crippen LogP contribution is 2.24. The molecule has 2 aromatic carbocycles. The van der Waals surface area contributed by atoms with Gasteiger partial charge in [0.1, 0.15) is 28.6 Å². The van der Waals surface area contributed by atoms with Crippen LogP contribution in [0.15, 0.2) is 71.0 Å². The van der Waals surface area contributed by atoms with Gasteiger partial charge >= 0.3 is 0 Å². The predicted molar refractivity (Wildman–Crippen MR) is 112 cm³/mol. The van der Waals surface area contributed by atoms with E-state index < -0.39 is 6.04 Å². The number of benzene rings is 2. The van der Waals surface area contributed by atoms with Crippen LogP contribution in [0.25, 0.3) is 11.1 Å². The average molecular weight is 387 g/mol. The fourth-order valence-electron chi connectivity index (χ4n) is 2.48. The lowest BCUT2D eigenvalue weighted by Crippen LogP contribution is -2.25. The van der Waals surface area contributed by atoms with Gasteiger partial charge in [-0.3, -0.25) is 4.99 Å². The highest BCUT2D eigenvalue weighted by Gasteiger charge is 2.13. The van der Waals surface area contributed by atoms with E-state index in [1.165, 1.54) is 12.1 Å². The Bertz CT molecular complexity index is 872. The monoisotopic (exact) mass is 386 g/mol. The van der Waals surface area contributed by atoms with Crippen LogP contribution in [0.4, 0.5) is 4.39 Å². The Balaban J connectivity index is 2.53. The molecule has 1 unspecified atom stereocenters. The summed E-state index contributed by atoms with van der Waals surface area (Å²) in [6.07, 6.45) is 2.62. The summed E-state index contributed by atoms with van der Waals surface area (Å²) in [5, 5.41) is 13.2. The smallest absolute Gasteiger partial charge is 0.134 e. The summed E-state index contributed by atoms with van der Waals surface area (Å²) in [5.74, 6) is 0.230. The van der Waals surface area contributed by atoms with Crippen molar-refractivity contribution in [3.05, 3.63) is 83.0 Å². The van der Waals surface area contributed by atoms with E-state index in [1.807, 2.05) is 38.1 Å². The van der Waals surface area contributed by atoms with Crippen molar-refractivity contribution < 1.29 is 9.50 Å². The van der Waals surface area contributed by atoms with Crippen molar-refractivity contribution in [3.8, 4) is 11.1 Å². The van der Waals surface area contributed by atoms with E-state index in [9.17, 15) is 9.50 Å². The molecule has 0 fully saturated rings. The number of nitrogens with one attached hydrogen (secondary N) is 1. The number of aryl methyl sites for hydroxylation is 1. The van der Waals surface area contributed by atoms with Crippen molar-refractivity contribution in [2.24, 2.45) is 4.99 Å². The first-order valence-electron chi connectivity index (χ1n) is 8.77. The molecule has 0 saturated heterocycles. The number of aliphatic hydroxyl groups is 1. The topological polar surface area (TPSA) is 44.6 Å². The van der Waals surface area contributed by atoms with E-state index in [4.69, 9.17) is 11.6 Å². The standard InChI is InChI=1S/C22H24ClFN2O/c1-5-6-21(23)26-22(25-15(3)16(4)27)20-13-18(8-7-14(20)2)17-9-11-19(24)12-10-17/h6-13,15,27H,4-5H2,1-3H3,(H,25,26)/b21-6+. The summed E-state index contributed by atoms with van der Waals surface area (Å²) in [4.78, 5) is 4.55. The SMILES string of the molecule is C=C(O)C(C)N=C(N/C(Cl)=C/CC)c1cc(-c2ccc(F)cc2)ccc1C. The van der Waals surface area contributed by atoms with Crippen LogP contribution >= 0.6 is 11.6 Å². The maximum absolute atomic E-state index is 13.2. The van der Waals surface area contributed by atoms with Crippen molar-refractivity contribution in [1.82, 2.24) is 5.32 Å². The van der Waals surface area contributed by atoms with Crippen LogP contribution in [0.2, 0.25) is 0 Å². The Morgan fingerprint density at radius 1 is 1.26 bits per heavy atom. The van der Waals surface area contributed by atoms with E-state index >= 15 is 0 Å². The maximum atomic E-state index is 13.2. The number of halogens is 2. The zero-order valence-corrected chi connectivity index (χ0v) is 16.5. The van der Waals surface area contributed by atoms with Crippen LogP contribution < -0.4 is 5.32 Å². The van der Waals surface area contributed by atoms with Crippen molar-refractivity contribution in [2.45, 2.75) is 33.2 Å². The van der Waals surface area contributed by atoms with E-state index in [1.54, 1.807) is 19.1 Å². The van der Waals surface area contributed by atoms with E-state index in [0.717, 1.165) is 28.7 Å². The number of nitrogens with zero attached hydrogens (tertiary/aromatic N) is 1. The Morgan fingerprint density at radius 3 is 2.48 bits per heavy atom. The summed E-state index contributed by atoms with van der Waals surface area (Å²) in [6.45, 7) is 9.26. The van der Waals surface area contributed by atoms with Gasteiger partial charge in [-0.05, 0) is 61.2 Å². The van der Waals surface area contributed by atoms with Crippen LogP contribution in [0.1, 0.15) is 31.4 Å². The van der Waals surface area contributed by atoms with Gasteiger partial charge in [0.05, 0.1) is 0 Å². The number of hydrogen-bond acceptors (Lipinski definition) is 2. The second-order valence-corrected chi connectivity index (χ2v) is 6.67. The molecule has 0 saturated carbocycles. The highest BCUT2D eigenvalue weighted by molar-refractivity contribution is 6.31. The van der Waals surface area contributed by atoms with Gasteiger partial charge in [-0.25, -0.2) is 4.39 Å². The number of rotatable bonds is 6. The fourth-order valence-corrected chi connectivity index (χ4v) is 2.72. The Labute approximate surface area is 164 Å². The second-order valence-electron chi connectivity index (χ2n) is 6.27. The molecular formula is C22H24ClFN2O. The molecule has 3 nitrogen and oxygen atoms in total. The molecule has 2 aromatic rings. The highest BCUT2D eigenvalue weighted by atomic mass is 35.5. The summed E-state index contributed by atoms with van der Waals surface area (Å²) in [6, 6.07) is 11.8. The molecule has 2 rings (SSSR count). The summed E-state index contributed by atoms with van der Waals surface area (Å²) < 4.78 is 13.2. The molecule has 0 aliphatic heterocycles. The first-order valence-corrected chi connectivity index (χ1v) is 9.14. The third-order valence-electron chi connectivity index (χ3n) is 4.10. The molecule has 5 heteroatoms. The Morgan fingerprint density at radius 2 is 1.89 bits per heavy atom. The molecule has 0 aliphatic rings. The van der Waals surface area contributed by atoms with Gasteiger partial charge in [-0.15, -0.1) is 0 Å². The van der Waals surface area contributed by atoms with Gasteiger partial charge < -0.3 is 10.4 Å².